The molecule has 2 saturated heterocycles. The minimum absolute atomic E-state index is 0.0178. The number of esters is 1. The van der Waals surface area contributed by atoms with Crippen LogP contribution in [-0.4, -0.2) is 38.4 Å². The lowest BCUT2D eigenvalue weighted by atomic mass is 9.45. The molecule has 0 aromatic carbocycles. The first-order valence-electron chi connectivity index (χ1n) is 10.2. The predicted octanol–water partition coefficient (Wildman–Crippen LogP) is 2.96. The molecule has 5 nitrogen and oxygen atoms in total. The second-order valence-electron chi connectivity index (χ2n) is 9.93. The average molecular weight is 362 g/mol. The highest BCUT2D eigenvalue weighted by atomic mass is 16.7. The fourth-order valence-electron chi connectivity index (χ4n) is 7.85. The Labute approximate surface area is 155 Å². The van der Waals surface area contributed by atoms with Crippen LogP contribution in [0, 0.1) is 39.9 Å². The summed E-state index contributed by atoms with van der Waals surface area (Å²) in [4.78, 5) is 26.3. The summed E-state index contributed by atoms with van der Waals surface area (Å²) >= 11 is 0. The van der Waals surface area contributed by atoms with Crippen molar-refractivity contribution in [2.24, 2.45) is 39.9 Å². The van der Waals surface area contributed by atoms with Gasteiger partial charge in [0.15, 0.2) is 12.1 Å². The first-order chi connectivity index (χ1) is 12.4. The normalized spacial score (nSPS) is 55.6. The molecule has 5 aliphatic rings. The SMILES string of the molecule is CO[C@H]1OC[C@]2(C)CCC[C@]3(COC(=O)[C@@]45C[C@@H](CC[C@H]43)C(C)C5=O)[C@H]12. The molecule has 0 radical (unpaired) electrons. The molecule has 5 heteroatoms. The molecule has 2 aliphatic heterocycles. The molecule has 2 heterocycles. The minimum atomic E-state index is -0.903. The highest BCUT2D eigenvalue weighted by Gasteiger charge is 2.74. The van der Waals surface area contributed by atoms with Crippen molar-refractivity contribution in [1.82, 2.24) is 0 Å². The van der Waals surface area contributed by atoms with Crippen molar-refractivity contribution in [3.63, 3.8) is 0 Å². The summed E-state index contributed by atoms with van der Waals surface area (Å²) in [7, 11) is 1.71. The van der Waals surface area contributed by atoms with Crippen LogP contribution < -0.4 is 0 Å². The van der Waals surface area contributed by atoms with Gasteiger partial charge in [-0.1, -0.05) is 20.3 Å². The third-order valence-electron chi connectivity index (χ3n) is 8.94. The molecule has 8 atom stereocenters. The van der Waals surface area contributed by atoms with Gasteiger partial charge in [0.25, 0.3) is 0 Å². The van der Waals surface area contributed by atoms with Crippen molar-refractivity contribution < 1.29 is 23.8 Å². The molecule has 2 bridgehead atoms. The van der Waals surface area contributed by atoms with Gasteiger partial charge in [-0.3, -0.25) is 9.59 Å². The van der Waals surface area contributed by atoms with Crippen LogP contribution in [0.15, 0.2) is 0 Å². The predicted molar refractivity (Wildman–Crippen MR) is 93.0 cm³/mol. The molecule has 3 aliphatic carbocycles. The van der Waals surface area contributed by atoms with Gasteiger partial charge in [-0.2, -0.15) is 0 Å². The zero-order valence-corrected chi connectivity index (χ0v) is 16.1. The lowest BCUT2D eigenvalue weighted by Gasteiger charge is -2.60. The fourth-order valence-corrected chi connectivity index (χ4v) is 7.85. The van der Waals surface area contributed by atoms with Crippen molar-refractivity contribution in [1.29, 1.82) is 0 Å². The number of ketones is 1. The first-order valence-corrected chi connectivity index (χ1v) is 10.2. The van der Waals surface area contributed by atoms with Gasteiger partial charge in [-0.15, -0.1) is 0 Å². The maximum Gasteiger partial charge on any atom is 0.319 e. The highest BCUT2D eigenvalue weighted by Crippen LogP contribution is 2.69. The fraction of sp³-hybridized carbons (Fsp3) is 0.905. The van der Waals surface area contributed by atoms with Gasteiger partial charge < -0.3 is 14.2 Å². The van der Waals surface area contributed by atoms with Crippen LogP contribution in [-0.2, 0) is 23.8 Å². The minimum Gasteiger partial charge on any atom is -0.464 e. The zero-order valence-electron chi connectivity index (χ0n) is 16.1. The van der Waals surface area contributed by atoms with Crippen molar-refractivity contribution in [3.8, 4) is 0 Å². The summed E-state index contributed by atoms with van der Waals surface area (Å²) in [6.45, 7) is 5.43. The summed E-state index contributed by atoms with van der Waals surface area (Å²) in [6, 6.07) is 0. The Balaban J connectivity index is 1.65. The van der Waals surface area contributed by atoms with E-state index in [1.54, 1.807) is 7.11 Å². The largest absolute Gasteiger partial charge is 0.464 e. The van der Waals surface area contributed by atoms with E-state index in [2.05, 4.69) is 6.92 Å². The summed E-state index contributed by atoms with van der Waals surface area (Å²) in [5.41, 5.74) is -1.06. The maximum absolute atomic E-state index is 13.3. The molecule has 1 unspecified atom stereocenters. The standard InChI is InChI=1S/C21H30O5/c1-12-13-5-6-14-20(11-26-18(23)21(14,9-13)16(12)22)8-4-7-19(2)10-25-17(24-3)15(19)20/h12-15,17H,4-11H2,1-3H3/t12?,13-,14+,15-,17+,19+,20-,21+/m1/s1. The van der Waals surface area contributed by atoms with Gasteiger partial charge in [0, 0.05) is 24.4 Å². The molecular formula is C21H30O5. The molecule has 5 rings (SSSR count). The second-order valence-corrected chi connectivity index (χ2v) is 9.93. The Hall–Kier alpha value is -0.940. The van der Waals surface area contributed by atoms with Crippen LogP contribution in [0.4, 0.5) is 0 Å². The van der Waals surface area contributed by atoms with E-state index >= 15 is 0 Å². The van der Waals surface area contributed by atoms with Crippen molar-refractivity contribution >= 4 is 11.8 Å². The molecule has 0 amide bonds. The van der Waals surface area contributed by atoms with E-state index in [1.807, 2.05) is 6.92 Å². The van der Waals surface area contributed by atoms with Gasteiger partial charge in [0.1, 0.15) is 5.41 Å². The molecule has 0 aromatic heterocycles. The zero-order chi connectivity index (χ0) is 18.3. The third-order valence-corrected chi connectivity index (χ3v) is 8.94. The maximum atomic E-state index is 13.3. The van der Waals surface area contributed by atoms with Crippen LogP contribution >= 0.6 is 0 Å². The molecule has 144 valence electrons. The number of fused-ring (bicyclic) bond motifs is 4. The summed E-state index contributed by atoms with van der Waals surface area (Å²) in [5, 5.41) is 0. The number of carbonyl (C=O) groups excluding carboxylic acids is 2. The number of carbonyl (C=O) groups is 2. The molecular weight excluding hydrogens is 332 g/mol. The van der Waals surface area contributed by atoms with Gasteiger partial charge in [0.2, 0.25) is 0 Å². The number of hydrogen-bond donors (Lipinski definition) is 0. The number of Topliss-reactive ketones (excluding diaryl/α,β-unsaturated/α-hetero) is 1. The molecule has 2 spiro atoms. The smallest absolute Gasteiger partial charge is 0.319 e. The quantitative estimate of drug-likeness (QED) is 0.530. The van der Waals surface area contributed by atoms with E-state index in [0.717, 1.165) is 32.1 Å². The number of methoxy groups -OCH3 is 1. The average Bonchev–Trinajstić information content (AvgIpc) is 3.08. The van der Waals surface area contributed by atoms with E-state index in [1.165, 1.54) is 0 Å². The number of ether oxygens (including phenoxy) is 3. The van der Waals surface area contributed by atoms with Crippen LogP contribution in [0.2, 0.25) is 0 Å². The van der Waals surface area contributed by atoms with E-state index in [0.29, 0.717) is 25.6 Å². The van der Waals surface area contributed by atoms with Crippen LogP contribution in [0.5, 0.6) is 0 Å². The number of rotatable bonds is 1. The third kappa shape index (κ3) is 1.80. The van der Waals surface area contributed by atoms with Crippen molar-refractivity contribution in [2.75, 3.05) is 20.3 Å². The molecule has 0 N–H and O–H groups in total. The Morgan fingerprint density at radius 2 is 1.96 bits per heavy atom. The van der Waals surface area contributed by atoms with Crippen LogP contribution in [0.1, 0.15) is 52.4 Å². The lowest BCUT2D eigenvalue weighted by molar-refractivity contribution is -0.228. The highest BCUT2D eigenvalue weighted by molar-refractivity contribution is 6.07. The first kappa shape index (κ1) is 17.2. The lowest BCUT2D eigenvalue weighted by Crippen LogP contribution is -2.64. The Bertz CT molecular complexity index is 661. The van der Waals surface area contributed by atoms with E-state index < -0.39 is 5.41 Å². The van der Waals surface area contributed by atoms with Crippen molar-refractivity contribution in [3.05, 3.63) is 0 Å². The van der Waals surface area contributed by atoms with E-state index in [-0.39, 0.29) is 46.6 Å². The Morgan fingerprint density at radius 1 is 1.15 bits per heavy atom. The summed E-state index contributed by atoms with van der Waals surface area (Å²) < 4.78 is 17.7. The molecule has 5 fully saturated rings. The Morgan fingerprint density at radius 3 is 2.73 bits per heavy atom. The van der Waals surface area contributed by atoms with Crippen LogP contribution in [0.25, 0.3) is 0 Å². The Kier molecular flexibility index (Phi) is 3.51. The number of hydrogen-bond acceptors (Lipinski definition) is 5. The number of cyclic esters (lactones) is 1. The molecule has 26 heavy (non-hydrogen) atoms. The van der Waals surface area contributed by atoms with Gasteiger partial charge in [-0.05, 0) is 49.4 Å². The summed E-state index contributed by atoms with van der Waals surface area (Å²) in [6.07, 6.45) is 5.66. The monoisotopic (exact) mass is 362 g/mol. The summed E-state index contributed by atoms with van der Waals surface area (Å²) in [5.74, 6) is 0.490. The van der Waals surface area contributed by atoms with Crippen molar-refractivity contribution in [2.45, 2.75) is 58.7 Å². The van der Waals surface area contributed by atoms with Gasteiger partial charge in [0.05, 0.1) is 13.2 Å². The van der Waals surface area contributed by atoms with E-state index in [4.69, 9.17) is 14.2 Å². The molecule has 0 aromatic rings. The van der Waals surface area contributed by atoms with Gasteiger partial charge >= 0.3 is 5.97 Å². The topological polar surface area (TPSA) is 61.8 Å². The van der Waals surface area contributed by atoms with Gasteiger partial charge in [-0.25, -0.2) is 0 Å². The van der Waals surface area contributed by atoms with E-state index in [9.17, 15) is 9.59 Å². The van der Waals surface area contributed by atoms with Crippen LogP contribution in [0.3, 0.4) is 0 Å². The molecule has 3 saturated carbocycles. The second kappa shape index (κ2) is 5.32.